The molecule has 148 valence electrons. The molecule has 3 aliphatic rings. The minimum atomic E-state index is 0.332. The highest BCUT2D eigenvalue weighted by Crippen LogP contribution is 2.39. The largest absolute Gasteiger partial charge is 0.342 e. The summed E-state index contributed by atoms with van der Waals surface area (Å²) in [7, 11) is 0. The van der Waals surface area contributed by atoms with Gasteiger partial charge in [0.15, 0.2) is 5.82 Å². The number of nitrogens with one attached hydrogen (secondary N) is 2. The molecule has 2 aromatic heterocycles. The minimum absolute atomic E-state index is 0.332. The van der Waals surface area contributed by atoms with Gasteiger partial charge in [0.25, 0.3) is 0 Å². The highest BCUT2D eigenvalue weighted by Gasteiger charge is 2.35. The number of rotatable bonds is 6. The molecule has 1 saturated heterocycles. The quantitative estimate of drug-likeness (QED) is 0.803. The van der Waals surface area contributed by atoms with Crippen LogP contribution in [0.3, 0.4) is 0 Å². The second kappa shape index (κ2) is 7.18. The molecule has 0 bridgehead atoms. The molecular formula is C21H28N6O. The van der Waals surface area contributed by atoms with E-state index in [1.807, 2.05) is 13.0 Å². The van der Waals surface area contributed by atoms with E-state index in [2.05, 4.69) is 26.5 Å². The monoisotopic (exact) mass is 380 g/mol. The summed E-state index contributed by atoms with van der Waals surface area (Å²) in [5, 5.41) is 10.5. The molecule has 1 amide bonds. The number of H-pyrrole nitrogens is 1. The van der Waals surface area contributed by atoms with E-state index < -0.39 is 0 Å². The number of piperidine rings is 1. The third-order valence-electron chi connectivity index (χ3n) is 6.05. The third-order valence-corrected chi connectivity index (χ3v) is 6.05. The average Bonchev–Trinajstić information content (AvgIpc) is 3.60. The Morgan fingerprint density at radius 3 is 2.54 bits per heavy atom. The van der Waals surface area contributed by atoms with Gasteiger partial charge in [0.2, 0.25) is 5.91 Å². The van der Waals surface area contributed by atoms with Crippen LogP contribution in [0.2, 0.25) is 0 Å². The summed E-state index contributed by atoms with van der Waals surface area (Å²) in [6.07, 6.45) is 7.66. The first kappa shape index (κ1) is 17.6. The van der Waals surface area contributed by atoms with Crippen molar-refractivity contribution in [3.05, 3.63) is 29.3 Å². The standard InChI is InChI=1S/C21H28N6O/c1-13-10-19(26-25-13)23-18-12-17(22-20(24-18)15-2-3-15)11-14-6-8-27(9-7-14)21(28)16-4-5-16/h10,12,14-16H,2-9,11H2,1H3,(H2,22,23,24,25,26). The summed E-state index contributed by atoms with van der Waals surface area (Å²) in [5.41, 5.74) is 2.13. The topological polar surface area (TPSA) is 86.8 Å². The highest BCUT2D eigenvalue weighted by atomic mass is 16.2. The molecule has 3 heterocycles. The van der Waals surface area contributed by atoms with Crippen LogP contribution in [-0.2, 0) is 11.2 Å². The van der Waals surface area contributed by atoms with E-state index in [9.17, 15) is 4.79 Å². The van der Waals surface area contributed by atoms with Crippen molar-refractivity contribution in [2.45, 2.75) is 57.8 Å². The predicted octanol–water partition coefficient (Wildman–Crippen LogP) is 3.32. The van der Waals surface area contributed by atoms with E-state index in [0.717, 1.165) is 74.0 Å². The van der Waals surface area contributed by atoms with E-state index in [4.69, 9.17) is 9.97 Å². The number of anilines is 2. The molecule has 28 heavy (non-hydrogen) atoms. The molecule has 0 aromatic carbocycles. The number of aromatic nitrogens is 4. The van der Waals surface area contributed by atoms with E-state index >= 15 is 0 Å². The summed E-state index contributed by atoms with van der Waals surface area (Å²) >= 11 is 0. The minimum Gasteiger partial charge on any atom is -0.342 e. The molecule has 3 fully saturated rings. The molecule has 0 spiro atoms. The van der Waals surface area contributed by atoms with Crippen molar-refractivity contribution in [1.29, 1.82) is 0 Å². The molecule has 7 heteroatoms. The lowest BCUT2D eigenvalue weighted by Gasteiger charge is -2.32. The van der Waals surface area contributed by atoms with Crippen LogP contribution in [-0.4, -0.2) is 44.1 Å². The number of likely N-dealkylation sites (tertiary alicyclic amines) is 1. The van der Waals surface area contributed by atoms with Crippen LogP contribution < -0.4 is 5.32 Å². The number of carbonyl (C=O) groups is 1. The maximum absolute atomic E-state index is 12.3. The van der Waals surface area contributed by atoms with Crippen LogP contribution in [0.25, 0.3) is 0 Å². The van der Waals surface area contributed by atoms with Crippen molar-refractivity contribution in [2.24, 2.45) is 11.8 Å². The van der Waals surface area contributed by atoms with Gasteiger partial charge in [-0.15, -0.1) is 0 Å². The second-order valence-electron chi connectivity index (χ2n) is 8.69. The Hall–Kier alpha value is -2.44. The maximum atomic E-state index is 12.3. The lowest BCUT2D eigenvalue weighted by Crippen LogP contribution is -2.39. The van der Waals surface area contributed by atoms with Gasteiger partial charge < -0.3 is 10.2 Å². The number of aryl methyl sites for hydroxylation is 1. The summed E-state index contributed by atoms with van der Waals surface area (Å²) in [5.74, 6) is 4.41. The van der Waals surface area contributed by atoms with Gasteiger partial charge in [0.1, 0.15) is 11.6 Å². The Morgan fingerprint density at radius 1 is 1.11 bits per heavy atom. The summed E-state index contributed by atoms with van der Waals surface area (Å²) in [6, 6.07) is 4.04. The van der Waals surface area contributed by atoms with Crippen LogP contribution >= 0.6 is 0 Å². The van der Waals surface area contributed by atoms with E-state index in [1.54, 1.807) is 0 Å². The summed E-state index contributed by atoms with van der Waals surface area (Å²) in [6.45, 7) is 3.79. The van der Waals surface area contributed by atoms with Gasteiger partial charge in [-0.2, -0.15) is 5.10 Å². The van der Waals surface area contributed by atoms with Crippen molar-refractivity contribution >= 4 is 17.5 Å². The van der Waals surface area contributed by atoms with Gasteiger partial charge in [-0.3, -0.25) is 9.89 Å². The molecule has 1 aliphatic heterocycles. The Balaban J connectivity index is 1.26. The molecule has 2 N–H and O–H groups in total. The zero-order valence-corrected chi connectivity index (χ0v) is 16.4. The van der Waals surface area contributed by atoms with Gasteiger partial charge in [0.05, 0.1) is 0 Å². The zero-order chi connectivity index (χ0) is 19.1. The molecule has 2 aliphatic carbocycles. The normalized spacial score (nSPS) is 20.4. The summed E-state index contributed by atoms with van der Waals surface area (Å²) < 4.78 is 0. The van der Waals surface area contributed by atoms with Gasteiger partial charge >= 0.3 is 0 Å². The fourth-order valence-corrected chi connectivity index (χ4v) is 4.07. The van der Waals surface area contributed by atoms with Crippen LogP contribution in [0.15, 0.2) is 12.1 Å². The molecule has 5 rings (SSSR count). The molecule has 0 atom stereocenters. The van der Waals surface area contributed by atoms with Crippen LogP contribution in [0.4, 0.5) is 11.6 Å². The Kier molecular flexibility index (Phi) is 4.53. The SMILES string of the molecule is Cc1cc(Nc2cc(CC3CCN(C(=O)C4CC4)CC3)nc(C3CC3)n2)n[nH]1. The van der Waals surface area contributed by atoms with Crippen molar-refractivity contribution in [3.8, 4) is 0 Å². The van der Waals surface area contributed by atoms with Crippen LogP contribution in [0.5, 0.6) is 0 Å². The molecule has 0 unspecified atom stereocenters. The predicted molar refractivity (Wildman–Crippen MR) is 106 cm³/mol. The second-order valence-corrected chi connectivity index (χ2v) is 8.69. The van der Waals surface area contributed by atoms with Gasteiger partial charge in [-0.1, -0.05) is 0 Å². The van der Waals surface area contributed by atoms with Crippen molar-refractivity contribution in [2.75, 3.05) is 18.4 Å². The Labute approximate surface area is 165 Å². The summed E-state index contributed by atoms with van der Waals surface area (Å²) in [4.78, 5) is 23.9. The highest BCUT2D eigenvalue weighted by molar-refractivity contribution is 5.81. The van der Waals surface area contributed by atoms with Gasteiger partial charge in [0, 0.05) is 48.4 Å². The van der Waals surface area contributed by atoms with E-state index in [0.29, 0.717) is 23.7 Å². The molecular weight excluding hydrogens is 352 g/mol. The maximum Gasteiger partial charge on any atom is 0.225 e. The van der Waals surface area contributed by atoms with Crippen molar-refractivity contribution in [1.82, 2.24) is 25.1 Å². The first-order valence-corrected chi connectivity index (χ1v) is 10.6. The Bertz CT molecular complexity index is 862. The van der Waals surface area contributed by atoms with Gasteiger partial charge in [-0.05, 0) is 57.8 Å². The fraction of sp³-hybridized carbons (Fsp3) is 0.619. The lowest BCUT2D eigenvalue weighted by molar-refractivity contribution is -0.133. The average molecular weight is 380 g/mol. The fourth-order valence-electron chi connectivity index (χ4n) is 4.07. The van der Waals surface area contributed by atoms with E-state index in [1.165, 1.54) is 12.8 Å². The number of hydrogen-bond donors (Lipinski definition) is 2. The number of carbonyl (C=O) groups excluding carboxylic acids is 1. The first-order chi connectivity index (χ1) is 13.6. The molecule has 0 radical (unpaired) electrons. The number of nitrogens with zero attached hydrogens (tertiary/aromatic N) is 4. The van der Waals surface area contributed by atoms with Crippen LogP contribution in [0, 0.1) is 18.8 Å². The van der Waals surface area contributed by atoms with Crippen molar-refractivity contribution in [3.63, 3.8) is 0 Å². The van der Waals surface area contributed by atoms with Crippen molar-refractivity contribution < 1.29 is 4.79 Å². The molecule has 7 nitrogen and oxygen atoms in total. The van der Waals surface area contributed by atoms with E-state index in [-0.39, 0.29) is 0 Å². The molecule has 2 saturated carbocycles. The molecule has 2 aromatic rings. The zero-order valence-electron chi connectivity index (χ0n) is 16.4. The third kappa shape index (κ3) is 4.03. The smallest absolute Gasteiger partial charge is 0.225 e. The Morgan fingerprint density at radius 2 is 1.89 bits per heavy atom. The first-order valence-electron chi connectivity index (χ1n) is 10.6. The van der Waals surface area contributed by atoms with Gasteiger partial charge in [-0.25, -0.2) is 9.97 Å². The number of amides is 1. The lowest BCUT2D eigenvalue weighted by atomic mass is 9.91. The van der Waals surface area contributed by atoms with Crippen LogP contribution in [0.1, 0.15) is 61.7 Å². The number of hydrogen-bond acceptors (Lipinski definition) is 5. The number of aromatic amines is 1.